The number of alkyl halides is 4. The molecule has 2 N–H and O–H groups in total. The normalized spacial score (nSPS) is 27.2. The second-order valence-electron chi connectivity index (χ2n) is 19.1. The number of carbonyl (C=O) groups excluding carboxylic acids is 3. The molecule has 3 amide bonds. The minimum Gasteiger partial charge on any atom is -0.374 e. The molecule has 1 aliphatic carbocycles. The second-order valence-corrected chi connectivity index (χ2v) is 19.1. The molecule has 5 aromatic rings. The number of piperazine rings is 1. The van der Waals surface area contributed by atoms with Crippen LogP contribution in [0.15, 0.2) is 47.7 Å². The average Bonchev–Trinajstić information content (AvgIpc) is 4.17. The smallest absolute Gasteiger partial charge is 0.329 e. The first kappa shape index (κ1) is 43.7. The molecule has 0 spiro atoms. The monoisotopic (exact) mass is 931 g/mol. The van der Waals surface area contributed by atoms with Crippen LogP contribution in [0, 0.1) is 5.92 Å². The number of hydrogen-bond donors (Lipinski definition) is 2. The summed E-state index contributed by atoms with van der Waals surface area (Å²) >= 11 is 0. The molecular formula is C45H53F4N13O5. The molecule has 4 atom stereocenters. The van der Waals surface area contributed by atoms with Crippen molar-refractivity contribution in [3.8, 4) is 0 Å². The molecule has 4 aromatic heterocycles. The highest BCUT2D eigenvalue weighted by Crippen LogP contribution is 2.39. The zero-order chi connectivity index (χ0) is 46.3. The van der Waals surface area contributed by atoms with E-state index in [0.29, 0.717) is 94.2 Å². The molecule has 18 nitrogen and oxygen atoms in total. The summed E-state index contributed by atoms with van der Waals surface area (Å²) in [5.74, 6) is -3.56. The number of likely N-dealkylation sites (tertiary alicyclic amines) is 1. The number of rotatable bonds is 10. The number of aromatic nitrogens is 7. The molecule has 6 fully saturated rings. The van der Waals surface area contributed by atoms with Crippen LogP contribution in [0.1, 0.15) is 85.9 Å². The van der Waals surface area contributed by atoms with Crippen LogP contribution in [-0.2, 0) is 21.4 Å². The van der Waals surface area contributed by atoms with E-state index in [-0.39, 0.29) is 66.3 Å². The SMILES string of the molecule is Cn1c(=O)n(C2CCC(=O)NC2=O)c2cccc(N3CCN([C@@H]4CCN(CC5CCC(n6cc(NC(=O)c7cnn8ccc(N9C[C@H]%10C[C@@H]9CO%10)nc78)c(C(F)F)n6)CC5)CC4(F)F)CC3)c21. The van der Waals surface area contributed by atoms with E-state index in [9.17, 15) is 28.0 Å². The molecule has 5 aliphatic heterocycles. The number of nitrogens with zero attached hydrogens (tertiary/aromatic N) is 11. The Bertz CT molecular complexity index is 2790. The summed E-state index contributed by atoms with van der Waals surface area (Å²) in [7, 11) is 1.66. The lowest BCUT2D eigenvalue weighted by atomic mass is 9.85. The van der Waals surface area contributed by atoms with Crippen molar-refractivity contribution >= 4 is 51.6 Å². The number of halogens is 4. The molecule has 2 bridgehead atoms. The number of imide groups is 1. The topological polar surface area (TPSA) is 172 Å². The third-order valence-electron chi connectivity index (χ3n) is 15.1. The number of piperidine rings is 2. The largest absolute Gasteiger partial charge is 0.374 e. The van der Waals surface area contributed by atoms with E-state index in [0.717, 1.165) is 24.9 Å². The summed E-state index contributed by atoms with van der Waals surface area (Å²) in [5, 5.41) is 13.5. The van der Waals surface area contributed by atoms with Crippen LogP contribution in [0.25, 0.3) is 16.7 Å². The first-order valence-electron chi connectivity index (χ1n) is 23.3. The number of aryl methyl sites for hydroxylation is 1. The summed E-state index contributed by atoms with van der Waals surface area (Å²) in [6.07, 6.45) is 6.10. The Labute approximate surface area is 381 Å². The van der Waals surface area contributed by atoms with Gasteiger partial charge in [0.25, 0.3) is 18.3 Å². The summed E-state index contributed by atoms with van der Waals surface area (Å²) in [5.41, 5.74) is 1.53. The lowest BCUT2D eigenvalue weighted by Crippen LogP contribution is -2.62. The quantitative estimate of drug-likeness (QED) is 0.153. The van der Waals surface area contributed by atoms with E-state index < -0.39 is 41.9 Å². The van der Waals surface area contributed by atoms with Crippen LogP contribution in [0.2, 0.25) is 0 Å². The van der Waals surface area contributed by atoms with E-state index in [1.807, 2.05) is 28.0 Å². The van der Waals surface area contributed by atoms with Crippen LogP contribution in [0.3, 0.4) is 0 Å². The van der Waals surface area contributed by atoms with Gasteiger partial charge in [-0.05, 0) is 69.1 Å². The molecule has 67 heavy (non-hydrogen) atoms. The zero-order valence-electron chi connectivity index (χ0n) is 37.1. The van der Waals surface area contributed by atoms with Gasteiger partial charge in [-0.1, -0.05) is 6.07 Å². The van der Waals surface area contributed by atoms with Crippen molar-refractivity contribution in [3.63, 3.8) is 0 Å². The lowest BCUT2D eigenvalue weighted by Gasteiger charge is -2.47. The molecular weight excluding hydrogens is 879 g/mol. The number of amides is 3. The van der Waals surface area contributed by atoms with Gasteiger partial charge in [-0.3, -0.25) is 43.3 Å². The van der Waals surface area contributed by atoms with Gasteiger partial charge in [-0.15, -0.1) is 0 Å². The number of fused-ring (bicyclic) bond motifs is 4. The van der Waals surface area contributed by atoms with Gasteiger partial charge in [0.05, 0.1) is 66.0 Å². The molecule has 22 heteroatoms. The fraction of sp³-hybridized carbons (Fsp3) is 0.578. The number of ether oxygens (including phenoxy) is 1. The van der Waals surface area contributed by atoms with E-state index in [1.54, 1.807) is 19.3 Å². The highest BCUT2D eigenvalue weighted by molar-refractivity contribution is 6.08. The van der Waals surface area contributed by atoms with Gasteiger partial charge in [0.15, 0.2) is 11.3 Å². The van der Waals surface area contributed by atoms with E-state index in [2.05, 4.69) is 30.6 Å². The maximum atomic E-state index is 16.1. The van der Waals surface area contributed by atoms with Gasteiger partial charge in [-0.25, -0.2) is 31.9 Å². The number of morpholine rings is 1. The number of anilines is 3. The number of imidazole rings is 1. The average molecular weight is 932 g/mol. The molecule has 6 aliphatic rings. The van der Waals surface area contributed by atoms with Gasteiger partial charge in [0.2, 0.25) is 11.8 Å². The molecule has 1 aromatic carbocycles. The standard InChI is InChI=1S/C45H53F4N13O5/c1-55-39-32(3-2-4-33(39)62(44(55)66)34-9-10-37(63)53-43(34)65)57-15-17-58(18-16-57)35-11-13-56(25-45(35,48)49)21-26-5-7-27(8-6-26)61-23-31(38(54-61)40(46)47)51-42(64)30-20-50-60-14-12-36(52-41(30)60)59-22-29-19-28(59)24-67-29/h2-4,12,14,20,23,26-29,34-35,40H,5-11,13,15-19,21-22,24-25H2,1H3,(H,51,64)(H,53,63,65)/t26?,27?,28-,29-,34?,35-/m1/s1. The Morgan fingerprint density at radius 3 is 2.52 bits per heavy atom. The molecule has 1 unspecified atom stereocenters. The van der Waals surface area contributed by atoms with Crippen molar-refractivity contribution in [2.45, 2.75) is 94.0 Å². The Morgan fingerprint density at radius 2 is 1.81 bits per heavy atom. The highest BCUT2D eigenvalue weighted by Gasteiger charge is 2.48. The van der Waals surface area contributed by atoms with Crippen molar-refractivity contribution in [2.75, 3.05) is 74.1 Å². The number of nitrogens with one attached hydrogen (secondary N) is 2. The molecule has 9 heterocycles. The number of carbonyl (C=O) groups is 3. The van der Waals surface area contributed by atoms with Crippen molar-refractivity contribution in [1.29, 1.82) is 0 Å². The van der Waals surface area contributed by atoms with Crippen molar-refractivity contribution < 1.29 is 36.7 Å². The molecule has 0 radical (unpaired) electrons. The van der Waals surface area contributed by atoms with Gasteiger partial charge in [0, 0.05) is 71.7 Å². The maximum Gasteiger partial charge on any atom is 0.329 e. The van der Waals surface area contributed by atoms with Crippen LogP contribution < -0.4 is 26.1 Å². The first-order chi connectivity index (χ1) is 32.3. The Balaban J connectivity index is 0.684. The first-order valence-corrected chi connectivity index (χ1v) is 23.3. The van der Waals surface area contributed by atoms with Crippen LogP contribution in [-0.4, -0.2) is 144 Å². The third kappa shape index (κ3) is 7.92. The number of para-hydroxylation sites is 1. The van der Waals surface area contributed by atoms with Gasteiger partial charge < -0.3 is 19.9 Å². The summed E-state index contributed by atoms with van der Waals surface area (Å²) < 4.78 is 72.5. The van der Waals surface area contributed by atoms with Crippen LogP contribution in [0.5, 0.6) is 0 Å². The Kier molecular flexibility index (Phi) is 11.1. The predicted octanol–water partition coefficient (Wildman–Crippen LogP) is 3.99. The minimum atomic E-state index is -2.94. The molecule has 356 valence electrons. The molecule has 5 saturated heterocycles. The van der Waals surface area contributed by atoms with Gasteiger partial charge >= 0.3 is 5.69 Å². The zero-order valence-corrected chi connectivity index (χ0v) is 37.1. The van der Waals surface area contributed by atoms with Gasteiger partial charge in [-0.2, -0.15) is 10.2 Å². The fourth-order valence-corrected chi connectivity index (χ4v) is 11.6. The second kappa shape index (κ2) is 17.0. The Hall–Kier alpha value is -5.87. The summed E-state index contributed by atoms with van der Waals surface area (Å²) in [6.45, 7) is 3.85. The minimum absolute atomic E-state index is 0.0795. The van der Waals surface area contributed by atoms with E-state index >= 15 is 8.78 Å². The van der Waals surface area contributed by atoms with E-state index in [1.165, 1.54) is 30.7 Å². The van der Waals surface area contributed by atoms with Gasteiger partial charge in [0.1, 0.15) is 17.4 Å². The van der Waals surface area contributed by atoms with Crippen molar-refractivity contribution in [1.82, 2.24) is 48.6 Å². The van der Waals surface area contributed by atoms with Crippen molar-refractivity contribution in [3.05, 3.63) is 64.6 Å². The Morgan fingerprint density at radius 1 is 1.00 bits per heavy atom. The molecule has 1 saturated carbocycles. The van der Waals surface area contributed by atoms with E-state index in [4.69, 9.17) is 9.72 Å². The fourth-order valence-electron chi connectivity index (χ4n) is 11.6. The third-order valence-corrected chi connectivity index (χ3v) is 15.1. The summed E-state index contributed by atoms with van der Waals surface area (Å²) in [4.78, 5) is 64.3. The maximum absolute atomic E-state index is 16.1. The lowest BCUT2D eigenvalue weighted by molar-refractivity contribution is -0.135. The predicted molar refractivity (Wildman–Crippen MR) is 237 cm³/mol. The van der Waals surface area contributed by atoms with Crippen LogP contribution in [0.4, 0.5) is 34.8 Å². The number of benzene rings is 1. The molecule has 11 rings (SSSR count). The number of hydrogen-bond acceptors (Lipinski definition) is 12. The van der Waals surface area contributed by atoms with Crippen molar-refractivity contribution in [2.24, 2.45) is 13.0 Å². The highest BCUT2D eigenvalue weighted by atomic mass is 19.3. The van der Waals surface area contributed by atoms with Crippen LogP contribution >= 0.6 is 0 Å². The summed E-state index contributed by atoms with van der Waals surface area (Å²) in [6, 6.07) is 5.68.